The van der Waals surface area contributed by atoms with Crippen molar-refractivity contribution in [3.8, 4) is 0 Å². The molecule has 0 amide bonds. The number of nitrogens with one attached hydrogen (secondary N) is 1. The summed E-state index contributed by atoms with van der Waals surface area (Å²) in [5.74, 6) is 0.0964. The van der Waals surface area contributed by atoms with Crippen molar-refractivity contribution in [1.82, 2.24) is 4.72 Å². The van der Waals surface area contributed by atoms with Gasteiger partial charge in [-0.05, 0) is 46.5 Å². The molecule has 0 aliphatic rings. The molecule has 1 atom stereocenters. The van der Waals surface area contributed by atoms with Crippen molar-refractivity contribution < 1.29 is 13.5 Å². The smallest absolute Gasteiger partial charge is 0.240 e. The van der Waals surface area contributed by atoms with E-state index in [-0.39, 0.29) is 23.5 Å². The van der Waals surface area contributed by atoms with Gasteiger partial charge < -0.3 is 10.8 Å². The minimum absolute atomic E-state index is 0.0587. The highest BCUT2D eigenvalue weighted by molar-refractivity contribution is 9.10. The summed E-state index contributed by atoms with van der Waals surface area (Å²) in [5.41, 5.74) is 6.12. The van der Waals surface area contributed by atoms with E-state index in [1.54, 1.807) is 0 Å². The van der Waals surface area contributed by atoms with E-state index in [2.05, 4.69) is 20.7 Å². The normalized spacial score (nSPS) is 13.7. The Balaban J connectivity index is 2.99. The third kappa shape index (κ3) is 4.45. The van der Waals surface area contributed by atoms with Crippen molar-refractivity contribution in [2.75, 3.05) is 12.3 Å². The number of rotatable bonds is 6. The van der Waals surface area contributed by atoms with Gasteiger partial charge in [-0.15, -0.1) is 0 Å². The van der Waals surface area contributed by atoms with Crippen LogP contribution in [0.2, 0.25) is 0 Å². The maximum absolute atomic E-state index is 12.2. The number of nitrogens with two attached hydrogens (primary N) is 1. The lowest BCUT2D eigenvalue weighted by molar-refractivity contribution is 0.256. The molecule has 0 heterocycles. The van der Waals surface area contributed by atoms with Crippen molar-refractivity contribution in [3.63, 3.8) is 0 Å². The molecule has 0 aliphatic carbocycles. The van der Waals surface area contributed by atoms with Crippen LogP contribution < -0.4 is 10.5 Å². The molecule has 5 nitrogen and oxygen atoms in total. The number of aliphatic hydroxyl groups excluding tert-OH is 1. The summed E-state index contributed by atoms with van der Waals surface area (Å²) in [6, 6.07) is 4.16. The van der Waals surface area contributed by atoms with Gasteiger partial charge in [0.25, 0.3) is 0 Å². The number of benzene rings is 1. The van der Waals surface area contributed by atoms with E-state index in [9.17, 15) is 8.42 Å². The molecule has 1 aromatic rings. The van der Waals surface area contributed by atoms with Gasteiger partial charge in [-0.25, -0.2) is 13.1 Å². The Hall–Kier alpha value is -0.630. The maximum Gasteiger partial charge on any atom is 0.240 e. The molecule has 0 aromatic heterocycles. The Labute approximate surface area is 122 Å². The predicted octanol–water partition coefficient (Wildman–Crippen LogP) is 1.72. The summed E-state index contributed by atoms with van der Waals surface area (Å²) >= 11 is 3.21. The number of hydrogen-bond acceptors (Lipinski definition) is 4. The van der Waals surface area contributed by atoms with Gasteiger partial charge in [-0.1, -0.05) is 13.8 Å². The molecular formula is C12H19BrN2O3S. The van der Waals surface area contributed by atoms with Crippen LogP contribution in [0.25, 0.3) is 0 Å². The van der Waals surface area contributed by atoms with Crippen molar-refractivity contribution in [3.05, 3.63) is 22.7 Å². The minimum atomic E-state index is -3.61. The number of hydrogen-bond donors (Lipinski definition) is 3. The topological polar surface area (TPSA) is 92.4 Å². The highest BCUT2D eigenvalue weighted by atomic mass is 79.9. The van der Waals surface area contributed by atoms with Gasteiger partial charge in [0.2, 0.25) is 10.0 Å². The summed E-state index contributed by atoms with van der Waals surface area (Å²) < 4.78 is 27.6. The van der Waals surface area contributed by atoms with Crippen LogP contribution in [0.5, 0.6) is 0 Å². The molecule has 0 radical (unpaired) electrons. The van der Waals surface area contributed by atoms with E-state index >= 15 is 0 Å². The minimum Gasteiger partial charge on any atom is -0.398 e. The van der Waals surface area contributed by atoms with Crippen LogP contribution in [-0.2, 0) is 10.0 Å². The van der Waals surface area contributed by atoms with E-state index in [4.69, 9.17) is 10.8 Å². The first-order valence-electron chi connectivity index (χ1n) is 5.96. The molecule has 4 N–H and O–H groups in total. The number of aliphatic hydroxyl groups is 1. The Morgan fingerprint density at radius 3 is 2.53 bits per heavy atom. The summed E-state index contributed by atoms with van der Waals surface area (Å²) in [5, 5.41) is 8.97. The maximum atomic E-state index is 12.2. The van der Waals surface area contributed by atoms with Gasteiger partial charge in [-0.2, -0.15) is 0 Å². The Morgan fingerprint density at radius 1 is 1.42 bits per heavy atom. The SMILES string of the molecule is CC(C)C(CCO)NS(=O)(=O)c1ccc(N)c(Br)c1. The standard InChI is InChI=1S/C12H19BrN2O3S/c1-8(2)12(5-6-16)15-19(17,18)9-3-4-11(14)10(13)7-9/h3-4,7-8,12,15-16H,5-6,14H2,1-2H3. The van der Waals surface area contributed by atoms with E-state index in [1.807, 2.05) is 13.8 Å². The van der Waals surface area contributed by atoms with Gasteiger partial charge in [0.05, 0.1) is 4.90 Å². The highest BCUT2D eigenvalue weighted by Crippen LogP contribution is 2.23. The van der Waals surface area contributed by atoms with Crippen LogP contribution in [0.15, 0.2) is 27.6 Å². The first-order valence-corrected chi connectivity index (χ1v) is 8.23. The average Bonchev–Trinajstić information content (AvgIpc) is 2.31. The molecule has 1 aromatic carbocycles. The fourth-order valence-corrected chi connectivity index (χ4v) is 3.58. The molecule has 0 bridgehead atoms. The van der Waals surface area contributed by atoms with Gasteiger partial charge in [0.15, 0.2) is 0 Å². The molecule has 1 unspecified atom stereocenters. The second-order valence-corrected chi connectivity index (χ2v) is 7.24. The summed E-state index contributed by atoms with van der Waals surface area (Å²) in [4.78, 5) is 0.150. The van der Waals surface area contributed by atoms with E-state index in [1.165, 1.54) is 18.2 Å². The fourth-order valence-electron chi connectivity index (χ4n) is 1.61. The Morgan fingerprint density at radius 2 is 2.05 bits per heavy atom. The number of halogens is 1. The van der Waals surface area contributed by atoms with E-state index in [0.717, 1.165) is 0 Å². The zero-order valence-electron chi connectivity index (χ0n) is 10.9. The molecule has 0 saturated carbocycles. The van der Waals surface area contributed by atoms with Gasteiger partial charge in [-0.3, -0.25) is 0 Å². The number of sulfonamides is 1. The van der Waals surface area contributed by atoms with Crippen LogP contribution >= 0.6 is 15.9 Å². The van der Waals surface area contributed by atoms with Crippen molar-refractivity contribution in [2.24, 2.45) is 5.92 Å². The molecular weight excluding hydrogens is 332 g/mol. The molecule has 19 heavy (non-hydrogen) atoms. The van der Waals surface area contributed by atoms with Crippen molar-refractivity contribution in [2.45, 2.75) is 31.2 Å². The molecule has 0 aliphatic heterocycles. The second-order valence-electron chi connectivity index (χ2n) is 4.67. The zero-order chi connectivity index (χ0) is 14.6. The van der Waals surface area contributed by atoms with Crippen LogP contribution in [-0.4, -0.2) is 26.2 Å². The van der Waals surface area contributed by atoms with E-state index in [0.29, 0.717) is 16.6 Å². The highest BCUT2D eigenvalue weighted by Gasteiger charge is 2.22. The summed E-state index contributed by atoms with van der Waals surface area (Å²) in [7, 11) is -3.61. The van der Waals surface area contributed by atoms with Gasteiger partial charge >= 0.3 is 0 Å². The van der Waals surface area contributed by atoms with Gasteiger partial charge in [0.1, 0.15) is 0 Å². The summed E-state index contributed by atoms with van der Waals surface area (Å²) in [6.45, 7) is 3.75. The predicted molar refractivity (Wildman–Crippen MR) is 79.2 cm³/mol. The van der Waals surface area contributed by atoms with Gasteiger partial charge in [0, 0.05) is 22.8 Å². The zero-order valence-corrected chi connectivity index (χ0v) is 13.3. The lowest BCUT2D eigenvalue weighted by Crippen LogP contribution is -2.39. The lowest BCUT2D eigenvalue weighted by Gasteiger charge is -2.21. The van der Waals surface area contributed by atoms with Crippen LogP contribution in [0.1, 0.15) is 20.3 Å². The summed E-state index contributed by atoms with van der Waals surface area (Å²) in [6.07, 6.45) is 0.382. The Kier molecular flexibility index (Phi) is 5.79. The molecule has 7 heteroatoms. The van der Waals surface area contributed by atoms with Crippen molar-refractivity contribution >= 4 is 31.6 Å². The molecule has 108 valence electrons. The number of anilines is 1. The van der Waals surface area contributed by atoms with Crippen LogP contribution in [0.4, 0.5) is 5.69 Å². The molecule has 0 saturated heterocycles. The quantitative estimate of drug-likeness (QED) is 0.681. The fraction of sp³-hybridized carbons (Fsp3) is 0.500. The van der Waals surface area contributed by atoms with Crippen molar-refractivity contribution in [1.29, 1.82) is 0 Å². The monoisotopic (exact) mass is 350 g/mol. The molecule has 1 rings (SSSR count). The Bertz CT molecular complexity index is 532. The first kappa shape index (κ1) is 16.4. The van der Waals surface area contributed by atoms with E-state index < -0.39 is 10.0 Å². The molecule has 0 fully saturated rings. The second kappa shape index (κ2) is 6.69. The molecule has 0 spiro atoms. The third-order valence-electron chi connectivity index (χ3n) is 2.83. The largest absolute Gasteiger partial charge is 0.398 e. The first-order chi connectivity index (χ1) is 8.77. The van der Waals surface area contributed by atoms with Crippen LogP contribution in [0.3, 0.4) is 0 Å². The van der Waals surface area contributed by atoms with Crippen LogP contribution in [0, 0.1) is 5.92 Å². The lowest BCUT2D eigenvalue weighted by atomic mass is 10.0. The third-order valence-corrected chi connectivity index (χ3v) is 5.01. The number of nitrogen functional groups attached to an aromatic ring is 1. The average molecular weight is 351 g/mol.